The summed E-state index contributed by atoms with van der Waals surface area (Å²) >= 11 is 0. The molecule has 0 amide bonds. The number of hydrogen-bond acceptors (Lipinski definition) is 2. The molecule has 0 aromatic heterocycles. The van der Waals surface area contributed by atoms with E-state index in [0.29, 0.717) is 0 Å². The molecule has 0 bridgehead atoms. The van der Waals surface area contributed by atoms with E-state index in [-0.39, 0.29) is 55.3 Å². The molecule has 0 atom stereocenters. The molecule has 0 aliphatic heterocycles. The van der Waals surface area contributed by atoms with Gasteiger partial charge in [0.15, 0.2) is 0 Å². The largest absolute Gasteiger partial charge is 0.255 e. The van der Waals surface area contributed by atoms with Crippen LogP contribution in [0.15, 0.2) is 0 Å². The van der Waals surface area contributed by atoms with E-state index >= 15 is 0 Å². The third-order valence-corrected chi connectivity index (χ3v) is 0. The molecule has 0 rings (SSSR count). The average molecular weight is 435 g/mol. The van der Waals surface area contributed by atoms with Crippen LogP contribution in [0.25, 0.3) is 0 Å². The van der Waals surface area contributed by atoms with E-state index in [1.165, 1.54) is 0 Å². The molecule has 0 fully saturated rings. The van der Waals surface area contributed by atoms with Crippen molar-refractivity contribution in [2.75, 3.05) is 0 Å². The van der Waals surface area contributed by atoms with Crippen LogP contribution in [0, 0.1) is 0 Å². The fourth-order valence-electron chi connectivity index (χ4n) is 0. The molecular weight excluding hydrogens is 433 g/mol. The molecule has 0 aromatic carbocycles. The Kier molecular flexibility index (Phi) is 91.6. The molecule has 4 heteroatoms. The van der Waals surface area contributed by atoms with Crippen LogP contribution in [0.2, 0.25) is 0 Å². The zero-order chi connectivity index (χ0) is 2.00. The molecule has 2 N–H and O–H groups in total. The van der Waals surface area contributed by atoms with Crippen LogP contribution in [0.1, 0.15) is 0 Å². The van der Waals surface area contributed by atoms with Crippen LogP contribution < -0.4 is 0 Å². The summed E-state index contributed by atoms with van der Waals surface area (Å²) in [7, 11) is 0. The van der Waals surface area contributed by atoms with Gasteiger partial charge in [-0.25, -0.2) is 0 Å². The van der Waals surface area contributed by atoms with Gasteiger partial charge < -0.3 is 0 Å². The van der Waals surface area contributed by atoms with E-state index < -0.39 is 0 Å². The van der Waals surface area contributed by atoms with Gasteiger partial charge in [0, 0.05) is 55.3 Å². The monoisotopic (exact) mass is 438 g/mol. The molecule has 0 saturated heterocycles. The maximum atomic E-state index is 6.00. The molecule has 0 spiro atoms. The van der Waals surface area contributed by atoms with Gasteiger partial charge in [-0.15, -0.1) is 0 Å². The number of hydrogen-bond donors (Lipinski definition) is 2. The predicted octanol–water partition coefficient (Wildman–Crippen LogP) is 0.0124. The van der Waals surface area contributed by atoms with Gasteiger partial charge in [-0.2, -0.15) is 0 Å². The van der Waals surface area contributed by atoms with E-state index in [2.05, 4.69) is 0 Å². The molecule has 4 heavy (non-hydrogen) atoms. The Morgan fingerprint density at radius 2 is 0.750 bits per heavy atom. The normalized spacial score (nSPS) is 1.50. The maximum Gasteiger partial charge on any atom is 0 e. The SMILES string of the molecule is OO.[Hg].[Hg]. The Bertz CT molecular complexity index is 4.00. The second kappa shape index (κ2) is 21.5. The van der Waals surface area contributed by atoms with E-state index in [9.17, 15) is 0 Å². The summed E-state index contributed by atoms with van der Waals surface area (Å²) in [5.74, 6) is 0. The first-order valence-electron chi connectivity index (χ1n) is 0.200. The second-order valence-electron chi connectivity index (χ2n) is 0. The van der Waals surface area contributed by atoms with Gasteiger partial charge in [0.05, 0.1) is 0 Å². The van der Waals surface area contributed by atoms with Crippen LogP contribution in [-0.2, 0) is 55.3 Å². The Hall–Kier alpha value is 1.79. The van der Waals surface area contributed by atoms with Crippen molar-refractivity contribution >= 4 is 0 Å². The van der Waals surface area contributed by atoms with E-state index in [0.717, 1.165) is 0 Å². The van der Waals surface area contributed by atoms with Crippen LogP contribution >= 0.6 is 0 Å². The first-order chi connectivity index (χ1) is 1.00. The van der Waals surface area contributed by atoms with Crippen LogP contribution in [0.5, 0.6) is 0 Å². The van der Waals surface area contributed by atoms with Crippen molar-refractivity contribution < 1.29 is 65.9 Å². The van der Waals surface area contributed by atoms with Crippen molar-refractivity contribution in [1.29, 1.82) is 0 Å². The van der Waals surface area contributed by atoms with Crippen LogP contribution in [0.3, 0.4) is 0 Å². The zero-order valence-corrected chi connectivity index (χ0v) is 13.3. The molecule has 0 radical (unpaired) electrons. The first-order valence-corrected chi connectivity index (χ1v) is 0.200. The molecule has 0 saturated carbocycles. The summed E-state index contributed by atoms with van der Waals surface area (Å²) in [4.78, 5) is 0. The molecule has 0 heterocycles. The molecule has 0 aliphatic rings. The maximum absolute atomic E-state index is 6.00. The smallest absolute Gasteiger partial charge is 0 e. The summed E-state index contributed by atoms with van der Waals surface area (Å²) in [5.41, 5.74) is 0. The number of rotatable bonds is 0. The van der Waals surface area contributed by atoms with Crippen LogP contribution in [-0.4, -0.2) is 10.5 Å². The first kappa shape index (κ1) is 17.1. The molecule has 0 unspecified atom stereocenters. The van der Waals surface area contributed by atoms with Gasteiger partial charge >= 0.3 is 0 Å². The summed E-state index contributed by atoms with van der Waals surface area (Å²) in [5, 5.41) is 12.0. The van der Waals surface area contributed by atoms with Gasteiger partial charge in [-0.3, -0.25) is 10.5 Å². The van der Waals surface area contributed by atoms with Crippen molar-refractivity contribution in [2.24, 2.45) is 0 Å². The van der Waals surface area contributed by atoms with Crippen molar-refractivity contribution in [3.05, 3.63) is 0 Å². The standard InChI is InChI=1S/2Hg.H2O2/c;;1-2/h;;1-2H. The van der Waals surface area contributed by atoms with Gasteiger partial charge in [-0.05, 0) is 0 Å². The van der Waals surface area contributed by atoms with Crippen molar-refractivity contribution in [3.63, 3.8) is 0 Å². The Morgan fingerprint density at radius 3 is 0.750 bits per heavy atom. The van der Waals surface area contributed by atoms with Crippen molar-refractivity contribution in [3.8, 4) is 0 Å². The molecule has 0 aromatic rings. The van der Waals surface area contributed by atoms with Gasteiger partial charge in [-0.1, -0.05) is 0 Å². The van der Waals surface area contributed by atoms with Gasteiger partial charge in [0.2, 0.25) is 0 Å². The fourth-order valence-corrected chi connectivity index (χ4v) is 0. The van der Waals surface area contributed by atoms with E-state index in [1.807, 2.05) is 0 Å². The topological polar surface area (TPSA) is 40.5 Å². The average Bonchev–Trinajstić information content (AvgIpc) is 1.00. The third kappa shape index (κ3) is 9.21. The summed E-state index contributed by atoms with van der Waals surface area (Å²) in [6, 6.07) is 0. The van der Waals surface area contributed by atoms with Gasteiger partial charge in [0.1, 0.15) is 0 Å². The fraction of sp³-hybridized carbons (Fsp3) is 0. The minimum Gasteiger partial charge on any atom is -0.255 e. The minimum absolute atomic E-state index is 0. The predicted molar refractivity (Wildman–Crippen MR) is 5.26 cm³/mol. The molecular formula is H2Hg2O2. The Morgan fingerprint density at radius 1 is 0.750 bits per heavy atom. The zero-order valence-electron chi connectivity index (χ0n) is 2.31. The molecule has 2 nitrogen and oxygen atoms in total. The van der Waals surface area contributed by atoms with E-state index in [4.69, 9.17) is 10.5 Å². The quantitative estimate of drug-likeness (QED) is 0.320. The minimum atomic E-state index is 0. The van der Waals surface area contributed by atoms with Crippen LogP contribution in [0.4, 0.5) is 0 Å². The van der Waals surface area contributed by atoms with E-state index in [1.54, 1.807) is 0 Å². The molecule has 18 valence electrons. The summed E-state index contributed by atoms with van der Waals surface area (Å²) in [6.45, 7) is 0. The Balaban J connectivity index is -0.00000000500. The summed E-state index contributed by atoms with van der Waals surface area (Å²) in [6.07, 6.45) is 0. The Labute approximate surface area is 65.2 Å². The second-order valence-corrected chi connectivity index (χ2v) is 0. The van der Waals surface area contributed by atoms with Gasteiger partial charge in [0.25, 0.3) is 0 Å². The summed E-state index contributed by atoms with van der Waals surface area (Å²) < 4.78 is 0. The van der Waals surface area contributed by atoms with Crippen molar-refractivity contribution in [2.45, 2.75) is 0 Å². The third-order valence-electron chi connectivity index (χ3n) is 0. The molecule has 0 aliphatic carbocycles. The van der Waals surface area contributed by atoms with Crippen molar-refractivity contribution in [1.82, 2.24) is 0 Å².